The van der Waals surface area contributed by atoms with E-state index in [0.29, 0.717) is 11.6 Å². The Morgan fingerprint density at radius 1 is 1.09 bits per heavy atom. The van der Waals surface area contributed by atoms with E-state index >= 15 is 0 Å². The molecule has 1 aromatic rings. The molecule has 23 heavy (non-hydrogen) atoms. The van der Waals surface area contributed by atoms with E-state index in [4.69, 9.17) is 5.14 Å². The monoisotopic (exact) mass is 339 g/mol. The van der Waals surface area contributed by atoms with Crippen LogP contribution in [-0.2, 0) is 19.6 Å². The summed E-state index contributed by atoms with van der Waals surface area (Å²) in [6, 6.07) is 5.33. The van der Waals surface area contributed by atoms with Crippen molar-refractivity contribution in [3.05, 3.63) is 24.3 Å². The van der Waals surface area contributed by atoms with E-state index in [0.717, 1.165) is 25.7 Å². The number of sulfonamides is 1. The van der Waals surface area contributed by atoms with Gasteiger partial charge in [-0.25, -0.2) is 13.6 Å². The van der Waals surface area contributed by atoms with Gasteiger partial charge in [0.1, 0.15) is 0 Å². The van der Waals surface area contributed by atoms with Gasteiger partial charge in [-0.15, -0.1) is 0 Å². The fourth-order valence-electron chi connectivity index (χ4n) is 2.68. The molecule has 7 nitrogen and oxygen atoms in total. The quantitative estimate of drug-likeness (QED) is 0.711. The summed E-state index contributed by atoms with van der Waals surface area (Å²) in [6.45, 7) is 2.06. The van der Waals surface area contributed by atoms with Gasteiger partial charge in [0.25, 0.3) is 0 Å². The van der Waals surface area contributed by atoms with Crippen molar-refractivity contribution in [1.29, 1.82) is 0 Å². The molecule has 1 aliphatic rings. The molecular weight excluding hydrogens is 318 g/mol. The maximum absolute atomic E-state index is 11.9. The lowest BCUT2D eigenvalue weighted by atomic mass is 9.86. The van der Waals surface area contributed by atoms with E-state index in [1.165, 1.54) is 24.3 Å². The molecule has 0 saturated heterocycles. The Hall–Kier alpha value is -1.93. The minimum atomic E-state index is -3.78. The zero-order valence-electron chi connectivity index (χ0n) is 12.9. The molecule has 2 unspecified atom stereocenters. The van der Waals surface area contributed by atoms with Gasteiger partial charge in [-0.05, 0) is 43.0 Å². The van der Waals surface area contributed by atoms with Crippen molar-refractivity contribution < 1.29 is 18.0 Å². The fraction of sp³-hybridized carbons (Fsp3) is 0.467. The first-order valence-electron chi connectivity index (χ1n) is 7.52. The highest BCUT2D eigenvalue weighted by Gasteiger charge is 2.25. The summed E-state index contributed by atoms with van der Waals surface area (Å²) in [5, 5.41) is 10.2. The third-order valence-electron chi connectivity index (χ3n) is 4.07. The van der Waals surface area contributed by atoms with Crippen LogP contribution in [0.2, 0.25) is 0 Å². The van der Waals surface area contributed by atoms with E-state index < -0.39 is 21.8 Å². The highest BCUT2D eigenvalue weighted by Crippen LogP contribution is 2.23. The van der Waals surface area contributed by atoms with Crippen LogP contribution in [0.3, 0.4) is 0 Å². The van der Waals surface area contributed by atoms with Crippen molar-refractivity contribution in [3.63, 3.8) is 0 Å². The Morgan fingerprint density at radius 2 is 1.70 bits per heavy atom. The number of carbonyl (C=O) groups is 2. The van der Waals surface area contributed by atoms with Crippen LogP contribution in [0, 0.1) is 5.92 Å². The molecule has 0 radical (unpaired) electrons. The summed E-state index contributed by atoms with van der Waals surface area (Å²) < 4.78 is 22.3. The van der Waals surface area contributed by atoms with E-state index in [1.54, 1.807) is 0 Å². The maximum Gasteiger partial charge on any atom is 0.313 e. The minimum absolute atomic E-state index is 0.0201. The van der Waals surface area contributed by atoms with E-state index in [9.17, 15) is 18.0 Å². The number of amides is 2. The summed E-state index contributed by atoms with van der Waals surface area (Å²) in [5.41, 5.74) is 0.328. The Kier molecular flexibility index (Phi) is 5.38. The Morgan fingerprint density at radius 3 is 2.26 bits per heavy atom. The zero-order chi connectivity index (χ0) is 17.0. The molecule has 1 aliphatic carbocycles. The molecule has 2 atom stereocenters. The predicted molar refractivity (Wildman–Crippen MR) is 86.0 cm³/mol. The molecule has 0 aliphatic heterocycles. The van der Waals surface area contributed by atoms with Crippen LogP contribution in [0.1, 0.15) is 32.6 Å². The topological polar surface area (TPSA) is 118 Å². The molecule has 0 heterocycles. The van der Waals surface area contributed by atoms with Crippen LogP contribution >= 0.6 is 0 Å². The molecule has 2 rings (SSSR count). The van der Waals surface area contributed by atoms with Crippen molar-refractivity contribution in [2.24, 2.45) is 11.1 Å². The molecule has 0 bridgehead atoms. The molecule has 8 heteroatoms. The highest BCUT2D eigenvalue weighted by atomic mass is 32.2. The second-order valence-corrected chi connectivity index (χ2v) is 7.43. The highest BCUT2D eigenvalue weighted by molar-refractivity contribution is 7.89. The Balaban J connectivity index is 1.94. The lowest BCUT2D eigenvalue weighted by Crippen LogP contribution is -2.45. The first-order chi connectivity index (χ1) is 10.8. The second kappa shape index (κ2) is 7.10. The molecule has 126 valence electrons. The van der Waals surface area contributed by atoms with Crippen molar-refractivity contribution in [1.82, 2.24) is 5.32 Å². The van der Waals surface area contributed by atoms with Crippen molar-refractivity contribution in [2.45, 2.75) is 43.5 Å². The number of anilines is 1. The Bertz CT molecular complexity index is 685. The summed E-state index contributed by atoms with van der Waals surface area (Å²) in [6.07, 6.45) is 4.12. The third-order valence-corrected chi connectivity index (χ3v) is 5.00. The maximum atomic E-state index is 11.9. The first-order valence-corrected chi connectivity index (χ1v) is 9.06. The number of hydrogen-bond acceptors (Lipinski definition) is 4. The number of hydrogen-bond donors (Lipinski definition) is 3. The summed E-state index contributed by atoms with van der Waals surface area (Å²) >= 11 is 0. The molecule has 0 aromatic heterocycles. The van der Waals surface area contributed by atoms with Gasteiger partial charge in [0.2, 0.25) is 10.0 Å². The molecule has 4 N–H and O–H groups in total. The number of rotatable bonds is 3. The molecule has 2 amide bonds. The number of primary sulfonamides is 1. The van der Waals surface area contributed by atoms with Gasteiger partial charge in [-0.1, -0.05) is 19.8 Å². The molecular formula is C15H21N3O4S. The largest absolute Gasteiger partial charge is 0.345 e. The lowest BCUT2D eigenvalue weighted by Gasteiger charge is -2.29. The normalized spacial score (nSPS) is 21.5. The van der Waals surface area contributed by atoms with Crippen LogP contribution < -0.4 is 15.8 Å². The lowest BCUT2D eigenvalue weighted by molar-refractivity contribution is -0.137. The summed E-state index contributed by atoms with van der Waals surface area (Å²) in [4.78, 5) is 23.8. The average molecular weight is 339 g/mol. The predicted octanol–water partition coefficient (Wildman–Crippen LogP) is 0.967. The van der Waals surface area contributed by atoms with Crippen LogP contribution in [0.25, 0.3) is 0 Å². The minimum Gasteiger partial charge on any atom is -0.345 e. The van der Waals surface area contributed by atoms with E-state index in [1.807, 2.05) is 0 Å². The van der Waals surface area contributed by atoms with Crippen LogP contribution in [0.4, 0.5) is 5.69 Å². The van der Waals surface area contributed by atoms with Gasteiger partial charge < -0.3 is 10.6 Å². The fourth-order valence-corrected chi connectivity index (χ4v) is 3.20. The van der Waals surface area contributed by atoms with Gasteiger partial charge in [-0.3, -0.25) is 9.59 Å². The number of nitrogens with one attached hydrogen (secondary N) is 2. The summed E-state index contributed by atoms with van der Waals surface area (Å²) in [7, 11) is -3.78. The smallest absolute Gasteiger partial charge is 0.313 e. The zero-order valence-corrected chi connectivity index (χ0v) is 13.7. The standard InChI is InChI=1S/C15H21N3O4S/c1-10-4-2-3-5-13(10)18-15(20)14(19)17-11-6-8-12(9-7-11)23(16,21)22/h6-10,13H,2-5H2,1H3,(H,17,19)(H,18,20)(H2,16,21,22). The molecule has 1 aromatic carbocycles. The summed E-state index contributed by atoms with van der Waals surface area (Å²) in [5.74, 6) is -1.10. The van der Waals surface area contributed by atoms with Gasteiger partial charge >= 0.3 is 11.8 Å². The van der Waals surface area contributed by atoms with Gasteiger partial charge in [0.15, 0.2) is 0 Å². The van der Waals surface area contributed by atoms with Crippen molar-refractivity contribution in [3.8, 4) is 0 Å². The molecule has 1 saturated carbocycles. The number of nitrogens with two attached hydrogens (primary N) is 1. The third kappa shape index (κ3) is 4.77. The van der Waals surface area contributed by atoms with Crippen LogP contribution in [-0.4, -0.2) is 26.3 Å². The second-order valence-electron chi connectivity index (χ2n) is 5.87. The van der Waals surface area contributed by atoms with Crippen molar-refractivity contribution >= 4 is 27.5 Å². The number of carbonyl (C=O) groups excluding carboxylic acids is 2. The van der Waals surface area contributed by atoms with E-state index in [2.05, 4.69) is 17.6 Å². The van der Waals surface area contributed by atoms with E-state index in [-0.39, 0.29) is 10.9 Å². The SMILES string of the molecule is CC1CCCCC1NC(=O)C(=O)Nc1ccc(S(N)(=O)=O)cc1. The molecule has 0 spiro atoms. The van der Waals surface area contributed by atoms with Gasteiger partial charge in [0.05, 0.1) is 4.90 Å². The first kappa shape index (κ1) is 17.4. The van der Waals surface area contributed by atoms with Gasteiger partial charge in [-0.2, -0.15) is 0 Å². The number of benzene rings is 1. The average Bonchev–Trinajstić information content (AvgIpc) is 2.49. The van der Waals surface area contributed by atoms with Crippen LogP contribution in [0.5, 0.6) is 0 Å². The molecule has 1 fully saturated rings. The van der Waals surface area contributed by atoms with Crippen LogP contribution in [0.15, 0.2) is 29.2 Å². The van der Waals surface area contributed by atoms with Crippen molar-refractivity contribution in [2.75, 3.05) is 5.32 Å². The Labute approximate surface area is 135 Å². The van der Waals surface area contributed by atoms with Gasteiger partial charge in [0, 0.05) is 11.7 Å².